The quantitative estimate of drug-likeness (QED) is 0.275. The van der Waals surface area contributed by atoms with Crippen LogP contribution in [0.25, 0.3) is 0 Å². The van der Waals surface area contributed by atoms with Crippen LogP contribution in [0.2, 0.25) is 0 Å². The van der Waals surface area contributed by atoms with Crippen molar-refractivity contribution in [3.05, 3.63) is 29.8 Å². The summed E-state index contributed by atoms with van der Waals surface area (Å²) in [5.74, 6) is -2.21. The molecule has 1 aromatic rings. The number of hydrogen-bond acceptors (Lipinski definition) is 5. The van der Waals surface area contributed by atoms with Crippen LogP contribution in [-0.4, -0.2) is 48.8 Å². The molecule has 9 heteroatoms. The molecule has 3 amide bonds. The molecule has 0 saturated carbocycles. The van der Waals surface area contributed by atoms with Crippen molar-refractivity contribution in [1.29, 1.82) is 0 Å². The van der Waals surface area contributed by atoms with E-state index in [1.54, 1.807) is 12.4 Å². The highest BCUT2D eigenvalue weighted by Crippen LogP contribution is 2.21. The molecule has 2 bridgehead atoms. The number of fused-ring (bicyclic) bond motifs is 11. The number of unbranched alkanes of at least 4 members (excludes halogenated alkanes) is 3. The average molecular weight is 452 g/mol. The van der Waals surface area contributed by atoms with Crippen LogP contribution in [0.1, 0.15) is 51.0 Å². The van der Waals surface area contributed by atoms with Crippen LogP contribution in [0.15, 0.2) is 24.3 Å². The first-order valence-electron chi connectivity index (χ1n) is 11.3. The second kappa shape index (κ2) is 13.7. The number of benzene rings is 1. The number of alkyl halides is 1. The Morgan fingerprint density at radius 2 is 1.88 bits per heavy atom. The van der Waals surface area contributed by atoms with E-state index in [4.69, 9.17) is 9.94 Å². The van der Waals surface area contributed by atoms with E-state index in [0.29, 0.717) is 38.2 Å². The van der Waals surface area contributed by atoms with Crippen LogP contribution in [0, 0.1) is 11.8 Å². The number of hydrogen-bond donors (Lipinski definition) is 4. The van der Waals surface area contributed by atoms with Gasteiger partial charge in [0.1, 0.15) is 11.8 Å². The Morgan fingerprint density at radius 1 is 1.16 bits per heavy atom. The summed E-state index contributed by atoms with van der Waals surface area (Å²) in [4.78, 5) is 37.9. The Kier molecular flexibility index (Phi) is 10.9. The van der Waals surface area contributed by atoms with Crippen molar-refractivity contribution in [1.82, 2.24) is 16.1 Å². The molecule has 3 atom stereocenters. The Morgan fingerprint density at radius 3 is 2.56 bits per heavy atom. The summed E-state index contributed by atoms with van der Waals surface area (Å²) in [5, 5.41) is 14.7. The van der Waals surface area contributed by atoms with Gasteiger partial charge in [-0.1, -0.05) is 31.9 Å². The number of carbonyl (C=O) groups is 3. The van der Waals surface area contributed by atoms with Crippen molar-refractivity contribution < 1.29 is 28.7 Å². The SMILES string of the molecule is C[C@H]1C(=O)N[C@H](C(=O)NCCCCCCF)Cc2ccc(cc2)OCCC[C@@H]1C(=O)NO. The van der Waals surface area contributed by atoms with Gasteiger partial charge in [-0.3, -0.25) is 24.0 Å². The van der Waals surface area contributed by atoms with Crippen LogP contribution in [0.4, 0.5) is 4.39 Å². The van der Waals surface area contributed by atoms with Crippen molar-refractivity contribution in [3.63, 3.8) is 0 Å². The highest BCUT2D eigenvalue weighted by atomic mass is 19.1. The summed E-state index contributed by atoms with van der Waals surface area (Å²) in [6.07, 6.45) is 3.98. The first-order chi connectivity index (χ1) is 15.5. The van der Waals surface area contributed by atoms with Crippen LogP contribution in [0.5, 0.6) is 5.75 Å². The molecule has 3 rings (SSSR count). The second-order valence-corrected chi connectivity index (χ2v) is 8.17. The topological polar surface area (TPSA) is 117 Å². The third-order valence-electron chi connectivity index (χ3n) is 5.75. The van der Waals surface area contributed by atoms with Gasteiger partial charge < -0.3 is 15.4 Å². The first-order valence-corrected chi connectivity index (χ1v) is 11.3. The van der Waals surface area contributed by atoms with Gasteiger partial charge in [0, 0.05) is 18.9 Å². The second-order valence-electron chi connectivity index (χ2n) is 8.17. The molecule has 0 aromatic heterocycles. The normalized spacial score (nSPS) is 21.7. The number of halogens is 1. The predicted octanol–water partition coefficient (Wildman–Crippen LogP) is 2.29. The molecule has 0 unspecified atom stereocenters. The lowest BCUT2D eigenvalue weighted by molar-refractivity contribution is -0.141. The molecule has 0 saturated heterocycles. The van der Waals surface area contributed by atoms with Crippen LogP contribution in [-0.2, 0) is 20.8 Å². The highest BCUT2D eigenvalue weighted by molar-refractivity contribution is 5.91. The minimum absolute atomic E-state index is 0.281. The largest absolute Gasteiger partial charge is 0.494 e. The Hall–Kier alpha value is -2.68. The number of rotatable bonds is 8. The van der Waals surface area contributed by atoms with Gasteiger partial charge in [-0.15, -0.1) is 0 Å². The fourth-order valence-electron chi connectivity index (χ4n) is 3.74. The fraction of sp³-hybridized carbons (Fsp3) is 0.609. The zero-order valence-electron chi connectivity index (χ0n) is 18.6. The minimum Gasteiger partial charge on any atom is -0.494 e. The summed E-state index contributed by atoms with van der Waals surface area (Å²) < 4.78 is 17.9. The molecular weight excluding hydrogens is 417 g/mol. The molecule has 1 aromatic carbocycles. The lowest BCUT2D eigenvalue weighted by Gasteiger charge is -2.25. The van der Waals surface area contributed by atoms with Crippen molar-refractivity contribution in [2.45, 2.75) is 57.9 Å². The van der Waals surface area contributed by atoms with Gasteiger partial charge in [0.25, 0.3) is 0 Å². The zero-order valence-corrected chi connectivity index (χ0v) is 18.6. The van der Waals surface area contributed by atoms with E-state index in [9.17, 15) is 18.8 Å². The molecule has 0 radical (unpaired) electrons. The van der Waals surface area contributed by atoms with E-state index >= 15 is 0 Å². The van der Waals surface area contributed by atoms with E-state index in [-0.39, 0.29) is 19.0 Å². The van der Waals surface area contributed by atoms with Crippen molar-refractivity contribution >= 4 is 17.7 Å². The molecule has 2 aliphatic heterocycles. The smallest absolute Gasteiger partial charge is 0.247 e. The Balaban J connectivity index is 2.13. The standard InChI is InChI=1S/C23H34FN3O5/c1-16-19(22(29)27-31)7-6-14-32-18-10-8-17(9-11-18)15-20(26-21(16)28)23(30)25-13-5-3-2-4-12-24/h8-11,16,19-20,31H,2-7,12-15H2,1H3,(H,25,30)(H,26,28)(H,27,29)/t16-,19+,20+/m1/s1. The molecule has 0 spiro atoms. The minimum atomic E-state index is -0.816. The van der Waals surface area contributed by atoms with Crippen LogP contribution in [0.3, 0.4) is 0 Å². The van der Waals surface area contributed by atoms with Gasteiger partial charge in [-0.05, 0) is 43.4 Å². The van der Waals surface area contributed by atoms with Gasteiger partial charge in [0.05, 0.1) is 19.2 Å². The van der Waals surface area contributed by atoms with Crippen LogP contribution >= 0.6 is 0 Å². The van der Waals surface area contributed by atoms with Gasteiger partial charge in [-0.25, -0.2) is 5.48 Å². The summed E-state index contributed by atoms with van der Waals surface area (Å²) in [6, 6.07) is 6.52. The highest BCUT2D eigenvalue weighted by Gasteiger charge is 2.32. The number of ether oxygens (including phenoxy) is 1. The van der Waals surface area contributed by atoms with Gasteiger partial charge in [-0.2, -0.15) is 0 Å². The van der Waals surface area contributed by atoms with Crippen molar-refractivity contribution in [2.75, 3.05) is 19.8 Å². The molecule has 32 heavy (non-hydrogen) atoms. The van der Waals surface area contributed by atoms with Crippen LogP contribution < -0.4 is 20.9 Å². The van der Waals surface area contributed by atoms with Crippen molar-refractivity contribution in [2.24, 2.45) is 11.8 Å². The van der Waals surface area contributed by atoms with E-state index in [2.05, 4.69) is 10.6 Å². The molecule has 0 aliphatic carbocycles. The molecule has 8 nitrogen and oxygen atoms in total. The predicted molar refractivity (Wildman–Crippen MR) is 117 cm³/mol. The van der Waals surface area contributed by atoms with E-state index in [1.165, 1.54) is 0 Å². The monoisotopic (exact) mass is 451 g/mol. The van der Waals surface area contributed by atoms with Gasteiger partial charge >= 0.3 is 0 Å². The average Bonchev–Trinajstić information content (AvgIpc) is 2.80. The first kappa shape index (κ1) is 25.6. The van der Waals surface area contributed by atoms with Gasteiger partial charge in [0.2, 0.25) is 17.7 Å². The van der Waals surface area contributed by atoms with Crippen molar-refractivity contribution in [3.8, 4) is 5.75 Å². The number of hydroxylamine groups is 1. The Bertz CT molecular complexity index is 744. The molecule has 0 fully saturated rings. The zero-order chi connectivity index (χ0) is 23.3. The number of carbonyl (C=O) groups excluding carboxylic acids is 3. The number of amides is 3. The van der Waals surface area contributed by atoms with Gasteiger partial charge in [0.15, 0.2) is 0 Å². The van der Waals surface area contributed by atoms with E-state index < -0.39 is 29.7 Å². The summed E-state index contributed by atoms with van der Waals surface area (Å²) in [5.41, 5.74) is 2.49. The third kappa shape index (κ3) is 8.11. The lowest BCUT2D eigenvalue weighted by Crippen LogP contribution is -2.51. The molecule has 2 heterocycles. The molecule has 178 valence electrons. The third-order valence-corrected chi connectivity index (χ3v) is 5.75. The molecule has 4 N–H and O–H groups in total. The molecule has 2 aliphatic rings. The molecular formula is C23H34FN3O5. The maximum absolute atomic E-state index is 12.9. The summed E-state index contributed by atoms with van der Waals surface area (Å²) in [6.45, 7) is 2.09. The van der Waals surface area contributed by atoms with E-state index in [1.807, 2.05) is 24.3 Å². The lowest BCUT2D eigenvalue weighted by atomic mass is 9.88. The maximum Gasteiger partial charge on any atom is 0.247 e. The maximum atomic E-state index is 12.9. The summed E-state index contributed by atoms with van der Waals surface area (Å²) in [7, 11) is 0. The summed E-state index contributed by atoms with van der Waals surface area (Å²) >= 11 is 0. The number of nitrogens with one attached hydrogen (secondary N) is 3. The van der Waals surface area contributed by atoms with E-state index in [0.717, 1.165) is 24.8 Å². The Labute approximate surface area is 188 Å². The fourth-order valence-corrected chi connectivity index (χ4v) is 3.74.